The lowest BCUT2D eigenvalue weighted by Gasteiger charge is -2.34. The highest BCUT2D eigenvalue weighted by atomic mass is 35.5. The minimum absolute atomic E-state index is 0.0644. The van der Waals surface area contributed by atoms with Crippen LogP contribution < -0.4 is 22.1 Å². The molecule has 2 aromatic carbocycles. The molecule has 2 aliphatic rings. The fraction of sp³-hybridized carbons (Fsp3) is 0.472. The zero-order valence-electron chi connectivity index (χ0n) is 26.7. The highest BCUT2D eigenvalue weighted by molar-refractivity contribution is 6.31. The van der Waals surface area contributed by atoms with Crippen LogP contribution >= 0.6 is 11.6 Å². The van der Waals surface area contributed by atoms with Gasteiger partial charge >= 0.3 is 5.69 Å². The van der Waals surface area contributed by atoms with Gasteiger partial charge in [-0.2, -0.15) is 4.98 Å². The second-order valence-corrected chi connectivity index (χ2v) is 13.9. The minimum atomic E-state index is -0.506. The molecule has 0 unspecified atom stereocenters. The van der Waals surface area contributed by atoms with E-state index in [1.807, 2.05) is 32.0 Å². The molecule has 1 saturated heterocycles. The lowest BCUT2D eigenvalue weighted by atomic mass is 9.89. The van der Waals surface area contributed by atoms with Crippen molar-refractivity contribution in [3.05, 3.63) is 81.1 Å². The highest BCUT2D eigenvalue weighted by Gasteiger charge is 2.29. The molecule has 3 heterocycles. The van der Waals surface area contributed by atoms with Crippen LogP contribution in [0.15, 0.2) is 53.5 Å². The molecule has 0 amide bonds. The zero-order chi connectivity index (χ0) is 32.4. The fourth-order valence-electron chi connectivity index (χ4n) is 6.89. The molecule has 244 valence electrons. The normalized spacial score (nSPS) is 19.7. The third-order valence-corrected chi connectivity index (χ3v) is 9.65. The summed E-state index contributed by atoms with van der Waals surface area (Å²) in [5.41, 5.74) is 9.60. The summed E-state index contributed by atoms with van der Waals surface area (Å²) in [6, 6.07) is 14.5. The van der Waals surface area contributed by atoms with E-state index >= 15 is 4.39 Å². The Kier molecular flexibility index (Phi) is 9.92. The van der Waals surface area contributed by atoms with Crippen molar-refractivity contribution in [1.29, 1.82) is 5.41 Å². The van der Waals surface area contributed by atoms with Crippen molar-refractivity contribution in [3.63, 3.8) is 0 Å². The molecule has 2 aromatic heterocycles. The Bertz CT molecular complexity index is 1740. The number of amidine groups is 1. The first-order valence-electron chi connectivity index (χ1n) is 16.7. The van der Waals surface area contributed by atoms with Crippen LogP contribution in [-0.4, -0.2) is 38.5 Å². The van der Waals surface area contributed by atoms with E-state index in [1.165, 1.54) is 23.0 Å². The monoisotopic (exact) mass is 645 g/mol. The smallest absolute Gasteiger partial charge is 0.354 e. The Labute approximate surface area is 274 Å². The molecule has 6 N–H and O–H groups in total. The maximum atomic E-state index is 15.2. The van der Waals surface area contributed by atoms with Gasteiger partial charge in [0.15, 0.2) is 5.82 Å². The average Bonchev–Trinajstić information content (AvgIpc) is 3.74. The van der Waals surface area contributed by atoms with Gasteiger partial charge in [0.2, 0.25) is 0 Å². The summed E-state index contributed by atoms with van der Waals surface area (Å²) in [5.74, 6) is 0.847. The number of aryl methyl sites for hydroxylation is 1. The molecule has 46 heavy (non-hydrogen) atoms. The number of fused-ring (bicyclic) bond motifs is 1. The predicted molar refractivity (Wildman–Crippen MR) is 184 cm³/mol. The van der Waals surface area contributed by atoms with Crippen molar-refractivity contribution in [3.8, 4) is 16.9 Å². The van der Waals surface area contributed by atoms with Crippen molar-refractivity contribution < 1.29 is 4.39 Å². The number of benzene rings is 2. The van der Waals surface area contributed by atoms with Crippen LogP contribution in [0.5, 0.6) is 0 Å². The Morgan fingerprint density at radius 1 is 1.17 bits per heavy atom. The Morgan fingerprint density at radius 2 is 1.96 bits per heavy atom. The van der Waals surface area contributed by atoms with Crippen LogP contribution in [0, 0.1) is 17.1 Å². The standard InChI is InChI=1S/C36H45ClFN7O/c1-21(39)5-3-6-24-16-30(34(38)31(37)17-24)33-18-26-20-45(36(46)44-35(26)43-33)29-13-11-25(12-14-29)32-8-4-7-27(42-32)19-28(41-22(2)40)15-23-9-10-23/h11-14,16-18,20-21,23,27-28,32,42H,3-10,15,19,39H2,1-2H3,(H2,40,41)(H,43,44,46)/t21-,27-,28+,32-/m0/s1. The third kappa shape index (κ3) is 7.88. The summed E-state index contributed by atoms with van der Waals surface area (Å²) >= 11 is 6.28. The number of halogens is 2. The van der Waals surface area contributed by atoms with Gasteiger partial charge in [0.25, 0.3) is 0 Å². The average molecular weight is 646 g/mol. The van der Waals surface area contributed by atoms with Crippen LogP contribution in [-0.2, 0) is 6.42 Å². The lowest BCUT2D eigenvalue weighted by molar-refractivity contribution is 0.286. The number of hydrogen-bond donors (Lipinski definition) is 5. The molecule has 1 saturated carbocycles. The fourth-order valence-corrected chi connectivity index (χ4v) is 7.14. The number of rotatable bonds is 12. The topological polar surface area (TPSA) is 125 Å². The van der Waals surface area contributed by atoms with Crippen LogP contribution in [0.4, 0.5) is 4.39 Å². The van der Waals surface area contributed by atoms with E-state index < -0.39 is 11.5 Å². The molecule has 4 atom stereocenters. The van der Waals surface area contributed by atoms with Crippen LogP contribution in [0.1, 0.15) is 88.8 Å². The summed E-state index contributed by atoms with van der Waals surface area (Å²) in [6.45, 7) is 3.80. The number of nitrogens with zero attached hydrogens (tertiary/aromatic N) is 2. The van der Waals surface area contributed by atoms with Crippen molar-refractivity contribution in [1.82, 2.24) is 25.2 Å². The Morgan fingerprint density at radius 3 is 2.67 bits per heavy atom. The number of nitrogens with one attached hydrogen (secondary N) is 4. The van der Waals surface area contributed by atoms with E-state index in [1.54, 1.807) is 18.3 Å². The molecular weight excluding hydrogens is 601 g/mol. The molecule has 1 aliphatic heterocycles. The first-order chi connectivity index (χ1) is 22.1. The third-order valence-electron chi connectivity index (χ3n) is 9.37. The van der Waals surface area contributed by atoms with Crippen molar-refractivity contribution >= 4 is 28.5 Å². The van der Waals surface area contributed by atoms with Crippen molar-refractivity contribution in [2.45, 2.75) is 102 Å². The van der Waals surface area contributed by atoms with Crippen LogP contribution in [0.2, 0.25) is 5.02 Å². The maximum absolute atomic E-state index is 15.2. The van der Waals surface area contributed by atoms with Gasteiger partial charge in [0.1, 0.15) is 5.65 Å². The molecule has 0 radical (unpaired) electrons. The van der Waals surface area contributed by atoms with Gasteiger partial charge in [-0.3, -0.25) is 9.98 Å². The summed E-state index contributed by atoms with van der Waals surface area (Å²) in [4.78, 5) is 20.5. The number of H-pyrrole nitrogens is 1. The van der Waals surface area contributed by atoms with E-state index in [0.29, 0.717) is 40.2 Å². The molecule has 8 nitrogen and oxygen atoms in total. The zero-order valence-corrected chi connectivity index (χ0v) is 27.5. The van der Waals surface area contributed by atoms with Gasteiger partial charge in [-0.1, -0.05) is 43.0 Å². The van der Waals surface area contributed by atoms with Gasteiger partial charge < -0.3 is 21.4 Å². The minimum Gasteiger partial charge on any atom is -0.371 e. The lowest BCUT2D eigenvalue weighted by Crippen LogP contribution is -2.43. The summed E-state index contributed by atoms with van der Waals surface area (Å²) in [7, 11) is 0. The SMILES string of the molecule is CC(=N)N[C@H](CC1CC1)C[C@@H]1CCC[C@@H](c2ccc(-n3cc4cc(-c5cc(CCC[C@H](C)N)cc(Cl)c5F)[nH]c4nc3=O)cc2)N1. The van der Waals surface area contributed by atoms with Crippen LogP contribution in [0.25, 0.3) is 28.0 Å². The first-order valence-corrected chi connectivity index (χ1v) is 17.0. The molecule has 2 fully saturated rings. The maximum Gasteiger partial charge on any atom is 0.354 e. The van der Waals surface area contributed by atoms with Crippen molar-refractivity contribution in [2.75, 3.05) is 0 Å². The van der Waals surface area contributed by atoms with E-state index in [4.69, 9.17) is 22.7 Å². The van der Waals surface area contributed by atoms with Crippen molar-refractivity contribution in [2.24, 2.45) is 11.7 Å². The number of aromatic nitrogens is 3. The van der Waals surface area contributed by atoms with E-state index in [0.717, 1.165) is 68.5 Å². The van der Waals surface area contributed by atoms with E-state index in [-0.39, 0.29) is 17.1 Å². The molecule has 10 heteroatoms. The molecular formula is C36H45ClFN7O. The van der Waals surface area contributed by atoms with E-state index in [9.17, 15) is 4.79 Å². The molecule has 0 spiro atoms. The van der Waals surface area contributed by atoms with Gasteiger partial charge in [0, 0.05) is 41.3 Å². The molecule has 1 aliphatic carbocycles. The number of piperidine rings is 1. The van der Waals surface area contributed by atoms with Gasteiger partial charge in [-0.15, -0.1) is 0 Å². The largest absolute Gasteiger partial charge is 0.371 e. The quantitative estimate of drug-likeness (QED) is 0.0825. The first kappa shape index (κ1) is 32.4. The molecule has 0 bridgehead atoms. The van der Waals surface area contributed by atoms with Gasteiger partial charge in [-0.25, -0.2) is 9.18 Å². The predicted octanol–water partition coefficient (Wildman–Crippen LogP) is 7.17. The van der Waals surface area contributed by atoms with Gasteiger partial charge in [-0.05, 0) is 106 Å². The number of nitrogens with two attached hydrogens (primary N) is 1. The van der Waals surface area contributed by atoms with E-state index in [2.05, 4.69) is 32.7 Å². The second-order valence-electron chi connectivity index (χ2n) is 13.5. The second kappa shape index (κ2) is 14.1. The Balaban J connectivity index is 1.18. The highest BCUT2D eigenvalue weighted by Crippen LogP contribution is 2.36. The summed E-state index contributed by atoms with van der Waals surface area (Å²) < 4.78 is 16.7. The summed E-state index contributed by atoms with van der Waals surface area (Å²) in [5, 5.41) is 16.0. The molecule has 4 aromatic rings. The number of hydrogen-bond acceptors (Lipinski definition) is 5. The Hall–Kier alpha value is -3.53. The number of aromatic amines is 1. The van der Waals surface area contributed by atoms with Gasteiger partial charge in [0.05, 0.1) is 22.2 Å². The summed E-state index contributed by atoms with van der Waals surface area (Å²) in [6.07, 6.45) is 12.4. The van der Waals surface area contributed by atoms with Crippen LogP contribution in [0.3, 0.4) is 0 Å². The molecule has 6 rings (SSSR count).